The molecular weight excluding hydrogens is 492 g/mol. The van der Waals surface area contributed by atoms with Crippen molar-refractivity contribution in [3.8, 4) is 11.5 Å². The molecule has 0 aliphatic heterocycles. The number of aryl methyl sites for hydroxylation is 1. The van der Waals surface area contributed by atoms with Crippen LogP contribution in [0.25, 0.3) is 11.5 Å². The summed E-state index contributed by atoms with van der Waals surface area (Å²) in [6.45, 7) is 3.42. The quantitative estimate of drug-likeness (QED) is 0.283. The molecule has 9 heteroatoms. The third-order valence-electron chi connectivity index (χ3n) is 3.90. The van der Waals surface area contributed by atoms with Crippen molar-refractivity contribution in [3.63, 3.8) is 0 Å². The fourth-order valence-corrected chi connectivity index (χ4v) is 3.23. The molecule has 3 rings (SSSR count). The summed E-state index contributed by atoms with van der Waals surface area (Å²) in [4.78, 5) is 14.3. The number of aliphatic imine (C=N–C) groups is 1. The van der Waals surface area contributed by atoms with E-state index in [1.807, 2.05) is 6.20 Å². The predicted molar refractivity (Wildman–Crippen MR) is 121 cm³/mol. The molecule has 0 aliphatic carbocycles. The first-order chi connectivity index (χ1) is 13.2. The molecule has 0 unspecified atom stereocenters. The third kappa shape index (κ3) is 6.26. The maximum absolute atomic E-state index is 13.0. The minimum atomic E-state index is -0.280. The lowest BCUT2D eigenvalue weighted by atomic mass is 10.2. The van der Waals surface area contributed by atoms with Crippen molar-refractivity contribution in [2.24, 2.45) is 4.99 Å². The Labute approximate surface area is 184 Å². The van der Waals surface area contributed by atoms with E-state index in [0.29, 0.717) is 31.4 Å². The van der Waals surface area contributed by atoms with Gasteiger partial charge in [0, 0.05) is 36.7 Å². The summed E-state index contributed by atoms with van der Waals surface area (Å²) < 4.78 is 18.5. The van der Waals surface area contributed by atoms with Gasteiger partial charge in [0.05, 0.1) is 12.2 Å². The zero-order valence-corrected chi connectivity index (χ0v) is 18.9. The molecule has 0 saturated carbocycles. The zero-order valence-electron chi connectivity index (χ0n) is 15.7. The fraction of sp³-hybridized carbons (Fsp3) is 0.316. The highest BCUT2D eigenvalue weighted by atomic mass is 127. The largest absolute Gasteiger partial charge is 0.444 e. The molecule has 0 amide bonds. The molecule has 2 heterocycles. The van der Waals surface area contributed by atoms with Crippen LogP contribution in [0.15, 0.2) is 46.1 Å². The molecule has 2 aromatic heterocycles. The van der Waals surface area contributed by atoms with Crippen LogP contribution in [-0.4, -0.2) is 29.5 Å². The molecular formula is C19H23FIN5OS. The molecule has 0 spiro atoms. The summed E-state index contributed by atoms with van der Waals surface area (Å²) in [5.41, 5.74) is 1.58. The molecule has 6 nitrogen and oxygen atoms in total. The number of thiazole rings is 1. The van der Waals surface area contributed by atoms with Gasteiger partial charge in [0.2, 0.25) is 5.89 Å². The molecule has 3 aromatic rings. The third-order valence-corrected chi connectivity index (χ3v) is 5.04. The van der Waals surface area contributed by atoms with Gasteiger partial charge in [0.1, 0.15) is 17.1 Å². The summed E-state index contributed by atoms with van der Waals surface area (Å²) in [5, 5.41) is 7.54. The second kappa shape index (κ2) is 11.1. The lowest BCUT2D eigenvalue weighted by Crippen LogP contribution is -2.37. The van der Waals surface area contributed by atoms with Crippen molar-refractivity contribution in [1.29, 1.82) is 0 Å². The Bertz CT molecular complexity index is 894. The van der Waals surface area contributed by atoms with Gasteiger partial charge in [-0.15, -0.1) is 35.3 Å². The van der Waals surface area contributed by atoms with E-state index in [2.05, 4.69) is 32.5 Å². The van der Waals surface area contributed by atoms with Crippen molar-refractivity contribution in [1.82, 2.24) is 20.6 Å². The van der Waals surface area contributed by atoms with E-state index in [0.717, 1.165) is 22.7 Å². The number of hydrogen-bond donors (Lipinski definition) is 2. The Balaban J connectivity index is 0.00000280. The Hall–Kier alpha value is -2.01. The zero-order chi connectivity index (χ0) is 19.1. The number of aromatic nitrogens is 2. The highest BCUT2D eigenvalue weighted by molar-refractivity contribution is 14.0. The highest BCUT2D eigenvalue weighted by Gasteiger charge is 2.08. The lowest BCUT2D eigenvalue weighted by molar-refractivity contribution is 0.571. The van der Waals surface area contributed by atoms with Crippen LogP contribution >= 0.6 is 35.3 Å². The first-order valence-corrected chi connectivity index (χ1v) is 9.58. The SMILES string of the molecule is CCc1cnc(CNC(=NC)NCCc2coc(-c3ccc(F)cc3)n2)s1.I. The number of halogens is 2. The molecule has 1 aromatic carbocycles. The van der Waals surface area contributed by atoms with Gasteiger partial charge in [-0.1, -0.05) is 6.92 Å². The van der Waals surface area contributed by atoms with Gasteiger partial charge < -0.3 is 15.1 Å². The molecule has 0 fully saturated rings. The van der Waals surface area contributed by atoms with Gasteiger partial charge in [0.15, 0.2) is 5.96 Å². The van der Waals surface area contributed by atoms with E-state index >= 15 is 0 Å². The highest BCUT2D eigenvalue weighted by Crippen LogP contribution is 2.19. The van der Waals surface area contributed by atoms with Crippen LogP contribution in [0.4, 0.5) is 4.39 Å². The molecule has 0 radical (unpaired) electrons. The maximum Gasteiger partial charge on any atom is 0.226 e. The van der Waals surface area contributed by atoms with Gasteiger partial charge in [-0.05, 0) is 30.7 Å². The van der Waals surface area contributed by atoms with Crippen molar-refractivity contribution in [2.45, 2.75) is 26.3 Å². The molecule has 0 aliphatic rings. The fourth-order valence-electron chi connectivity index (χ4n) is 2.43. The number of nitrogens with zero attached hydrogens (tertiary/aromatic N) is 3. The monoisotopic (exact) mass is 515 g/mol. The van der Waals surface area contributed by atoms with Crippen LogP contribution < -0.4 is 10.6 Å². The summed E-state index contributed by atoms with van der Waals surface area (Å²) in [6, 6.07) is 6.08. The molecule has 2 N–H and O–H groups in total. The van der Waals surface area contributed by atoms with E-state index in [1.165, 1.54) is 17.0 Å². The minimum Gasteiger partial charge on any atom is -0.444 e. The molecule has 0 bridgehead atoms. The normalized spacial score (nSPS) is 11.2. The number of oxazole rings is 1. The predicted octanol–water partition coefficient (Wildman–Crippen LogP) is 4.03. The first kappa shape index (κ1) is 22.3. The van der Waals surface area contributed by atoms with Gasteiger partial charge >= 0.3 is 0 Å². The van der Waals surface area contributed by atoms with Gasteiger partial charge in [-0.2, -0.15) is 0 Å². The van der Waals surface area contributed by atoms with Crippen LogP contribution in [0, 0.1) is 5.82 Å². The van der Waals surface area contributed by atoms with Crippen LogP contribution in [0.5, 0.6) is 0 Å². The van der Waals surface area contributed by atoms with E-state index in [4.69, 9.17) is 4.42 Å². The molecule has 0 atom stereocenters. The van der Waals surface area contributed by atoms with E-state index < -0.39 is 0 Å². The van der Waals surface area contributed by atoms with Gasteiger partial charge in [0.25, 0.3) is 0 Å². The Morgan fingerprint density at radius 2 is 2.04 bits per heavy atom. The van der Waals surface area contributed by atoms with E-state index in [-0.39, 0.29) is 29.8 Å². The minimum absolute atomic E-state index is 0. The molecule has 150 valence electrons. The summed E-state index contributed by atoms with van der Waals surface area (Å²) in [7, 11) is 1.73. The standard InChI is InChI=1S/C19H22FN5OS.HI/c1-3-16-10-23-17(27-16)11-24-19(21-2)22-9-8-15-12-26-18(25-15)13-4-6-14(20)7-5-13;/h4-7,10,12H,3,8-9,11H2,1-2H3,(H2,21,22,24);1H. The second-order valence-corrected chi connectivity index (χ2v) is 7.03. The lowest BCUT2D eigenvalue weighted by Gasteiger charge is -2.09. The first-order valence-electron chi connectivity index (χ1n) is 8.76. The number of hydrogen-bond acceptors (Lipinski definition) is 5. The van der Waals surface area contributed by atoms with Crippen molar-refractivity contribution < 1.29 is 8.81 Å². The topological polar surface area (TPSA) is 75.3 Å². The Morgan fingerprint density at radius 1 is 1.25 bits per heavy atom. The van der Waals surface area contributed by atoms with E-state index in [1.54, 1.807) is 36.8 Å². The maximum atomic E-state index is 13.0. The van der Waals surface area contributed by atoms with Crippen molar-refractivity contribution in [2.75, 3.05) is 13.6 Å². The number of benzene rings is 1. The summed E-state index contributed by atoms with van der Waals surface area (Å²) >= 11 is 1.71. The van der Waals surface area contributed by atoms with Crippen LogP contribution in [0.1, 0.15) is 22.5 Å². The van der Waals surface area contributed by atoms with Crippen LogP contribution in [0.2, 0.25) is 0 Å². The second-order valence-electron chi connectivity index (χ2n) is 5.83. The molecule has 28 heavy (non-hydrogen) atoms. The van der Waals surface area contributed by atoms with Crippen molar-refractivity contribution in [3.05, 3.63) is 58.1 Å². The van der Waals surface area contributed by atoms with Crippen molar-refractivity contribution >= 4 is 41.3 Å². The van der Waals surface area contributed by atoms with Gasteiger partial charge in [-0.25, -0.2) is 14.4 Å². The average Bonchev–Trinajstić information content (AvgIpc) is 3.34. The van der Waals surface area contributed by atoms with Gasteiger partial charge in [-0.3, -0.25) is 4.99 Å². The number of rotatable bonds is 7. The number of guanidine groups is 1. The van der Waals surface area contributed by atoms with Crippen LogP contribution in [-0.2, 0) is 19.4 Å². The Kier molecular flexibility index (Phi) is 8.84. The van der Waals surface area contributed by atoms with E-state index in [9.17, 15) is 4.39 Å². The summed E-state index contributed by atoms with van der Waals surface area (Å²) in [5.74, 6) is 0.922. The van der Waals surface area contributed by atoms with Crippen LogP contribution in [0.3, 0.4) is 0 Å². The smallest absolute Gasteiger partial charge is 0.226 e. The average molecular weight is 515 g/mol. The molecule has 0 saturated heterocycles. The summed E-state index contributed by atoms with van der Waals surface area (Å²) in [6.07, 6.45) is 5.23. The Morgan fingerprint density at radius 3 is 2.71 bits per heavy atom. The number of nitrogens with one attached hydrogen (secondary N) is 2.